The Kier molecular flexibility index (Phi) is 4.85. The first kappa shape index (κ1) is 17.6. The number of hydrogen-bond donors (Lipinski definition) is 1. The second-order valence-corrected chi connectivity index (χ2v) is 8.91. The van der Waals surface area contributed by atoms with E-state index in [1.165, 1.54) is 5.56 Å². The number of thiophene rings is 1. The number of aryl methyl sites for hydroxylation is 1. The van der Waals surface area contributed by atoms with Crippen molar-refractivity contribution >= 4 is 33.1 Å². The summed E-state index contributed by atoms with van der Waals surface area (Å²) in [7, 11) is -3.59. The molecule has 0 radical (unpaired) electrons. The van der Waals surface area contributed by atoms with E-state index in [2.05, 4.69) is 16.6 Å². The lowest BCUT2D eigenvalue weighted by molar-refractivity contribution is 0.605. The Morgan fingerprint density at radius 1 is 0.926 bits per heavy atom. The molecule has 0 aliphatic heterocycles. The summed E-state index contributed by atoms with van der Waals surface area (Å²) < 4.78 is 28.3. The van der Waals surface area contributed by atoms with E-state index < -0.39 is 10.0 Å². The van der Waals surface area contributed by atoms with E-state index in [9.17, 15) is 8.42 Å². The molecule has 134 valence electrons. The first-order chi connectivity index (χ1) is 13.1. The van der Waals surface area contributed by atoms with Gasteiger partial charge < -0.3 is 0 Å². The molecule has 0 fully saturated rings. The standard InChI is InChI=1S/C22H17NO2S2/c24-27(25,22-13-11-18-6-1-2-7-19(18)16-22)23-20-8-3-5-17(15-20)10-12-21-9-4-14-26-21/h1-9,14-16,23H,11,13H2. The molecule has 4 rings (SSSR count). The normalized spacial score (nSPS) is 13.1. The Bertz CT molecular complexity index is 1160. The third kappa shape index (κ3) is 4.13. The van der Waals surface area contributed by atoms with Crippen molar-refractivity contribution in [2.45, 2.75) is 12.8 Å². The van der Waals surface area contributed by atoms with Gasteiger partial charge in [-0.1, -0.05) is 48.2 Å². The minimum Gasteiger partial charge on any atom is -0.280 e. The molecule has 1 aliphatic rings. The van der Waals surface area contributed by atoms with Crippen LogP contribution >= 0.6 is 11.3 Å². The Morgan fingerprint density at radius 2 is 1.81 bits per heavy atom. The number of benzene rings is 2. The van der Waals surface area contributed by atoms with E-state index in [1.54, 1.807) is 35.6 Å². The molecule has 27 heavy (non-hydrogen) atoms. The van der Waals surface area contributed by atoms with Crippen molar-refractivity contribution in [3.8, 4) is 11.8 Å². The van der Waals surface area contributed by atoms with Crippen molar-refractivity contribution in [1.82, 2.24) is 0 Å². The molecule has 1 aliphatic carbocycles. The van der Waals surface area contributed by atoms with Gasteiger partial charge in [0.1, 0.15) is 0 Å². The van der Waals surface area contributed by atoms with Gasteiger partial charge in [-0.2, -0.15) is 0 Å². The van der Waals surface area contributed by atoms with Crippen LogP contribution in [0.15, 0.2) is 70.9 Å². The van der Waals surface area contributed by atoms with Gasteiger partial charge in [0.25, 0.3) is 10.0 Å². The molecule has 0 amide bonds. The highest BCUT2D eigenvalue weighted by Crippen LogP contribution is 2.28. The van der Waals surface area contributed by atoms with Gasteiger partial charge in [-0.15, -0.1) is 11.3 Å². The molecule has 0 spiro atoms. The smallest absolute Gasteiger partial charge is 0.258 e. The number of rotatable bonds is 3. The Morgan fingerprint density at radius 3 is 2.67 bits per heavy atom. The second-order valence-electron chi connectivity index (χ2n) is 6.22. The number of allylic oxidation sites excluding steroid dienone is 1. The number of anilines is 1. The fourth-order valence-electron chi connectivity index (χ4n) is 2.98. The fourth-order valence-corrected chi connectivity index (χ4v) is 4.77. The van der Waals surface area contributed by atoms with Crippen molar-refractivity contribution in [2.75, 3.05) is 4.72 Å². The molecular formula is C22H17NO2S2. The van der Waals surface area contributed by atoms with Crippen molar-refractivity contribution in [3.05, 3.63) is 92.5 Å². The molecule has 0 unspecified atom stereocenters. The molecule has 0 atom stereocenters. The molecule has 1 N–H and O–H groups in total. The minimum atomic E-state index is -3.59. The minimum absolute atomic E-state index is 0.413. The number of fused-ring (bicyclic) bond motifs is 1. The summed E-state index contributed by atoms with van der Waals surface area (Å²) in [5, 5.41) is 1.98. The van der Waals surface area contributed by atoms with E-state index in [1.807, 2.05) is 47.8 Å². The van der Waals surface area contributed by atoms with Crippen LogP contribution in [0.25, 0.3) is 6.08 Å². The molecule has 3 nitrogen and oxygen atoms in total. The van der Waals surface area contributed by atoms with E-state index in [0.717, 1.165) is 22.4 Å². The summed E-state index contributed by atoms with van der Waals surface area (Å²) >= 11 is 1.58. The van der Waals surface area contributed by atoms with Crippen molar-refractivity contribution in [2.24, 2.45) is 0 Å². The van der Waals surface area contributed by atoms with Crippen molar-refractivity contribution in [1.29, 1.82) is 0 Å². The largest absolute Gasteiger partial charge is 0.280 e. The van der Waals surface area contributed by atoms with Gasteiger partial charge in [0.15, 0.2) is 0 Å². The van der Waals surface area contributed by atoms with Crippen molar-refractivity contribution in [3.63, 3.8) is 0 Å². The molecular weight excluding hydrogens is 374 g/mol. The van der Waals surface area contributed by atoms with Gasteiger partial charge in [-0.3, -0.25) is 4.72 Å². The van der Waals surface area contributed by atoms with Gasteiger partial charge in [-0.05, 0) is 59.7 Å². The first-order valence-electron chi connectivity index (χ1n) is 8.57. The van der Waals surface area contributed by atoms with E-state index in [0.29, 0.717) is 17.0 Å². The van der Waals surface area contributed by atoms with Gasteiger partial charge in [0, 0.05) is 5.56 Å². The van der Waals surface area contributed by atoms with Gasteiger partial charge >= 0.3 is 0 Å². The van der Waals surface area contributed by atoms with Gasteiger partial charge in [0.05, 0.1) is 15.5 Å². The van der Waals surface area contributed by atoms with Crippen LogP contribution in [0.2, 0.25) is 0 Å². The maximum atomic E-state index is 12.8. The summed E-state index contributed by atoms with van der Waals surface area (Å²) in [6.45, 7) is 0. The second kappa shape index (κ2) is 7.43. The lowest BCUT2D eigenvalue weighted by Crippen LogP contribution is -2.17. The van der Waals surface area contributed by atoms with Crippen LogP contribution in [-0.2, 0) is 16.4 Å². The molecule has 2 aromatic carbocycles. The highest BCUT2D eigenvalue weighted by Gasteiger charge is 2.21. The third-order valence-electron chi connectivity index (χ3n) is 4.32. The molecule has 5 heteroatoms. The first-order valence-corrected chi connectivity index (χ1v) is 10.9. The van der Waals surface area contributed by atoms with E-state index in [-0.39, 0.29) is 0 Å². The monoisotopic (exact) mass is 391 g/mol. The summed E-state index contributed by atoms with van der Waals surface area (Å²) in [5.41, 5.74) is 3.45. The SMILES string of the molecule is O=S(=O)(Nc1cccc(C#Cc2cccs2)c1)C1=Cc2ccccc2CC1. The number of hydrogen-bond acceptors (Lipinski definition) is 3. The van der Waals surface area contributed by atoms with Crippen molar-refractivity contribution < 1.29 is 8.42 Å². The molecule has 1 aromatic heterocycles. The summed E-state index contributed by atoms with van der Waals surface area (Å²) in [4.78, 5) is 1.39. The Labute approximate surface area is 163 Å². The predicted octanol–water partition coefficient (Wildman–Crippen LogP) is 4.88. The van der Waals surface area contributed by atoms with Gasteiger partial charge in [-0.25, -0.2) is 8.42 Å². The Hall–Kier alpha value is -2.81. The summed E-state index contributed by atoms with van der Waals surface area (Å²) in [5.74, 6) is 6.16. The summed E-state index contributed by atoms with van der Waals surface area (Å²) in [6.07, 6.45) is 3.00. The molecule has 1 heterocycles. The molecule has 0 saturated carbocycles. The van der Waals surface area contributed by atoms with Crippen LogP contribution < -0.4 is 4.72 Å². The van der Waals surface area contributed by atoms with Crippen LogP contribution in [-0.4, -0.2) is 8.42 Å². The summed E-state index contributed by atoms with van der Waals surface area (Å²) in [6, 6.07) is 19.0. The topological polar surface area (TPSA) is 46.2 Å². The zero-order valence-electron chi connectivity index (χ0n) is 14.5. The van der Waals surface area contributed by atoms with Crippen LogP contribution in [0.1, 0.15) is 28.0 Å². The molecule has 3 aromatic rings. The average molecular weight is 392 g/mol. The molecule has 0 saturated heterocycles. The maximum absolute atomic E-state index is 12.8. The number of nitrogens with one attached hydrogen (secondary N) is 1. The maximum Gasteiger partial charge on any atom is 0.258 e. The Balaban J connectivity index is 1.57. The highest BCUT2D eigenvalue weighted by molar-refractivity contribution is 7.96. The predicted molar refractivity (Wildman–Crippen MR) is 112 cm³/mol. The van der Waals surface area contributed by atoms with E-state index >= 15 is 0 Å². The van der Waals surface area contributed by atoms with Crippen LogP contribution in [0.3, 0.4) is 0 Å². The van der Waals surface area contributed by atoms with E-state index in [4.69, 9.17) is 0 Å². The fraction of sp³-hybridized carbons (Fsp3) is 0.0909. The zero-order valence-corrected chi connectivity index (χ0v) is 16.1. The van der Waals surface area contributed by atoms with Gasteiger partial charge in [0.2, 0.25) is 0 Å². The lowest BCUT2D eigenvalue weighted by atomic mass is 9.98. The van der Waals surface area contributed by atoms with Crippen LogP contribution in [0.5, 0.6) is 0 Å². The van der Waals surface area contributed by atoms with Crippen LogP contribution in [0.4, 0.5) is 5.69 Å². The van der Waals surface area contributed by atoms with Crippen LogP contribution in [0, 0.1) is 11.8 Å². The number of sulfonamides is 1. The quantitative estimate of drug-likeness (QED) is 0.647. The average Bonchev–Trinajstić information content (AvgIpc) is 3.19. The zero-order chi connectivity index (χ0) is 18.7. The highest BCUT2D eigenvalue weighted by atomic mass is 32.2. The molecule has 0 bridgehead atoms. The third-order valence-corrected chi connectivity index (χ3v) is 6.63. The lowest BCUT2D eigenvalue weighted by Gasteiger charge is -2.17.